The van der Waals surface area contributed by atoms with Gasteiger partial charge in [-0.05, 0) is 5.41 Å². The minimum Gasteiger partial charge on any atom is -0.481 e. The van der Waals surface area contributed by atoms with Crippen LogP contribution in [0.5, 0.6) is 5.88 Å². The normalized spacial score (nSPS) is 12.7. The molecule has 2 nitrogen and oxygen atoms in total. The average molecular weight is 239 g/mol. The molecule has 0 fully saturated rings. The fraction of sp³-hybridized carbons (Fsp3) is 0.643. The van der Waals surface area contributed by atoms with Gasteiger partial charge < -0.3 is 4.74 Å². The molecular formula is C14H22FNO. The lowest BCUT2D eigenvalue weighted by Gasteiger charge is -2.26. The van der Waals surface area contributed by atoms with Crippen LogP contribution in [0, 0.1) is 5.82 Å². The molecule has 0 spiro atoms. The highest BCUT2D eigenvalue weighted by Crippen LogP contribution is 2.33. The minimum atomic E-state index is -0.335. The van der Waals surface area contributed by atoms with Crippen LogP contribution in [0.25, 0.3) is 0 Å². The fourth-order valence-electron chi connectivity index (χ4n) is 1.65. The van der Waals surface area contributed by atoms with Crippen molar-refractivity contribution in [1.29, 1.82) is 0 Å². The van der Waals surface area contributed by atoms with Gasteiger partial charge >= 0.3 is 0 Å². The molecule has 96 valence electrons. The third-order valence-electron chi connectivity index (χ3n) is 2.66. The van der Waals surface area contributed by atoms with Crippen LogP contribution in [0.2, 0.25) is 0 Å². The Morgan fingerprint density at radius 1 is 1.06 bits per heavy atom. The summed E-state index contributed by atoms with van der Waals surface area (Å²) >= 11 is 0. The van der Waals surface area contributed by atoms with Gasteiger partial charge in [-0.15, -0.1) is 0 Å². The van der Waals surface area contributed by atoms with E-state index in [9.17, 15) is 4.39 Å². The third kappa shape index (κ3) is 2.96. The summed E-state index contributed by atoms with van der Waals surface area (Å²) in [5, 5.41) is 0. The summed E-state index contributed by atoms with van der Waals surface area (Å²) in [6.07, 6.45) is 0. The Bertz CT molecular complexity index is 378. The van der Waals surface area contributed by atoms with E-state index in [4.69, 9.17) is 4.74 Å². The van der Waals surface area contributed by atoms with E-state index in [0.29, 0.717) is 17.1 Å². The highest BCUT2D eigenvalue weighted by atomic mass is 19.1. The number of ether oxygens (including phenoxy) is 1. The molecule has 1 heterocycles. The van der Waals surface area contributed by atoms with Crippen LogP contribution in [0.4, 0.5) is 4.39 Å². The second-order valence-electron chi connectivity index (χ2n) is 6.37. The van der Waals surface area contributed by atoms with Crippen LogP contribution in [-0.4, -0.2) is 12.1 Å². The summed E-state index contributed by atoms with van der Waals surface area (Å²) in [4.78, 5) is 4.24. The van der Waals surface area contributed by atoms with Crippen molar-refractivity contribution in [3.63, 3.8) is 0 Å². The number of hydrogen-bond donors (Lipinski definition) is 0. The summed E-state index contributed by atoms with van der Waals surface area (Å²) in [5.74, 6) is 0.257. The van der Waals surface area contributed by atoms with Crippen LogP contribution in [-0.2, 0) is 10.8 Å². The van der Waals surface area contributed by atoms with E-state index in [1.54, 1.807) is 13.2 Å². The van der Waals surface area contributed by atoms with Crippen LogP contribution in [0.3, 0.4) is 0 Å². The van der Waals surface area contributed by atoms with Crippen molar-refractivity contribution >= 4 is 0 Å². The highest BCUT2D eigenvalue weighted by molar-refractivity contribution is 5.34. The average Bonchev–Trinajstić information content (AvgIpc) is 2.14. The van der Waals surface area contributed by atoms with Crippen LogP contribution in [0.15, 0.2) is 6.07 Å². The van der Waals surface area contributed by atoms with Gasteiger partial charge in [-0.2, -0.15) is 0 Å². The van der Waals surface area contributed by atoms with Crippen molar-refractivity contribution in [3.05, 3.63) is 23.1 Å². The molecule has 3 heteroatoms. The van der Waals surface area contributed by atoms with Crippen LogP contribution >= 0.6 is 0 Å². The molecule has 0 aromatic carbocycles. The smallest absolute Gasteiger partial charge is 0.213 e. The molecule has 17 heavy (non-hydrogen) atoms. The minimum absolute atomic E-state index is 0.217. The summed E-state index contributed by atoms with van der Waals surface area (Å²) in [6.45, 7) is 11.8. The molecule has 0 bridgehead atoms. The van der Waals surface area contributed by atoms with E-state index in [1.165, 1.54) is 0 Å². The Morgan fingerprint density at radius 3 is 1.94 bits per heavy atom. The number of halogens is 1. The Labute approximate surface area is 103 Å². The molecule has 0 saturated heterocycles. The van der Waals surface area contributed by atoms with Crippen molar-refractivity contribution in [3.8, 4) is 5.88 Å². The first-order valence-corrected chi connectivity index (χ1v) is 5.83. The Balaban J connectivity index is 3.53. The molecule has 0 saturated carbocycles. The third-order valence-corrected chi connectivity index (χ3v) is 2.66. The summed E-state index contributed by atoms with van der Waals surface area (Å²) in [5.41, 5.74) is 0.509. The molecule has 0 unspecified atom stereocenters. The quantitative estimate of drug-likeness (QED) is 0.743. The molecule has 0 radical (unpaired) electrons. The fourth-order valence-corrected chi connectivity index (χ4v) is 1.65. The van der Waals surface area contributed by atoms with E-state index < -0.39 is 0 Å². The molecule has 1 aromatic heterocycles. The predicted octanol–water partition coefficient (Wildman–Crippen LogP) is 3.82. The summed E-state index contributed by atoms with van der Waals surface area (Å²) in [7, 11) is 1.55. The molecule has 0 aliphatic heterocycles. The topological polar surface area (TPSA) is 22.1 Å². The molecular weight excluding hydrogens is 217 g/mol. The van der Waals surface area contributed by atoms with Crippen molar-refractivity contribution in [2.24, 2.45) is 0 Å². The largest absolute Gasteiger partial charge is 0.481 e. The van der Waals surface area contributed by atoms with E-state index in [2.05, 4.69) is 4.98 Å². The van der Waals surface area contributed by atoms with Gasteiger partial charge in [-0.3, -0.25) is 0 Å². The standard InChI is InChI=1S/C14H22FNO/c1-13(2,3)9-8-10(17-7)16-12(11(9)15)14(4,5)6/h8H,1-7H3. The Hall–Kier alpha value is -1.12. The molecule has 0 amide bonds. The first-order chi connectivity index (χ1) is 7.57. The van der Waals surface area contributed by atoms with Crippen LogP contribution in [0.1, 0.15) is 52.8 Å². The van der Waals surface area contributed by atoms with Crippen LogP contribution < -0.4 is 4.74 Å². The maximum atomic E-state index is 14.5. The maximum absolute atomic E-state index is 14.5. The first-order valence-electron chi connectivity index (χ1n) is 5.83. The zero-order valence-electron chi connectivity index (χ0n) is 11.8. The van der Waals surface area contributed by atoms with Gasteiger partial charge in [0.05, 0.1) is 12.8 Å². The highest BCUT2D eigenvalue weighted by Gasteiger charge is 2.28. The Kier molecular flexibility index (Phi) is 3.51. The maximum Gasteiger partial charge on any atom is 0.213 e. The number of methoxy groups -OCH3 is 1. The lowest BCUT2D eigenvalue weighted by molar-refractivity contribution is 0.379. The zero-order chi connectivity index (χ0) is 13.4. The number of hydrogen-bond acceptors (Lipinski definition) is 2. The van der Waals surface area contributed by atoms with Gasteiger partial charge in [0.25, 0.3) is 0 Å². The molecule has 0 N–H and O–H groups in total. The molecule has 1 rings (SSSR count). The Morgan fingerprint density at radius 2 is 1.59 bits per heavy atom. The van der Waals surface area contributed by atoms with Gasteiger partial charge in [-0.1, -0.05) is 41.5 Å². The SMILES string of the molecule is COc1cc(C(C)(C)C)c(F)c(C(C)(C)C)n1. The molecule has 0 atom stereocenters. The predicted molar refractivity (Wildman–Crippen MR) is 68.1 cm³/mol. The summed E-state index contributed by atoms with van der Waals surface area (Å²) < 4.78 is 19.6. The number of pyridine rings is 1. The molecule has 0 aliphatic carbocycles. The monoisotopic (exact) mass is 239 g/mol. The van der Waals surface area contributed by atoms with Crippen molar-refractivity contribution < 1.29 is 9.13 Å². The number of aromatic nitrogens is 1. The second kappa shape index (κ2) is 4.28. The van der Waals surface area contributed by atoms with Gasteiger partial charge in [0.15, 0.2) is 0 Å². The van der Waals surface area contributed by atoms with E-state index in [0.717, 1.165) is 0 Å². The second-order valence-corrected chi connectivity index (χ2v) is 6.37. The van der Waals surface area contributed by atoms with E-state index in [-0.39, 0.29) is 16.6 Å². The summed E-state index contributed by atoms with van der Waals surface area (Å²) in [6, 6.07) is 1.69. The lowest BCUT2D eigenvalue weighted by Crippen LogP contribution is -2.22. The van der Waals surface area contributed by atoms with Crippen molar-refractivity contribution in [2.45, 2.75) is 52.4 Å². The van der Waals surface area contributed by atoms with Crippen molar-refractivity contribution in [2.75, 3.05) is 7.11 Å². The molecule has 0 aliphatic rings. The lowest BCUT2D eigenvalue weighted by atomic mass is 9.83. The van der Waals surface area contributed by atoms with Crippen molar-refractivity contribution in [1.82, 2.24) is 4.98 Å². The number of rotatable bonds is 1. The van der Waals surface area contributed by atoms with Gasteiger partial charge in [0.1, 0.15) is 5.82 Å². The van der Waals surface area contributed by atoms with Gasteiger partial charge in [0.2, 0.25) is 5.88 Å². The van der Waals surface area contributed by atoms with E-state index in [1.807, 2.05) is 41.5 Å². The molecule has 1 aromatic rings. The zero-order valence-corrected chi connectivity index (χ0v) is 11.8. The van der Waals surface area contributed by atoms with Gasteiger partial charge in [0, 0.05) is 17.0 Å². The van der Waals surface area contributed by atoms with E-state index >= 15 is 0 Å². The van der Waals surface area contributed by atoms with Gasteiger partial charge in [-0.25, -0.2) is 9.37 Å². The first kappa shape index (κ1) is 13.9. The number of nitrogens with zero attached hydrogens (tertiary/aromatic N) is 1.